The van der Waals surface area contributed by atoms with E-state index in [2.05, 4.69) is 15.6 Å². The van der Waals surface area contributed by atoms with Crippen molar-refractivity contribution in [3.05, 3.63) is 45.3 Å². The number of nitrogens with one attached hydrogen (secondary N) is 2. The minimum Gasteiger partial charge on any atom is -0.355 e. The van der Waals surface area contributed by atoms with Crippen molar-refractivity contribution in [1.82, 2.24) is 10.3 Å². The topological polar surface area (TPSA) is 71.1 Å². The third-order valence-corrected chi connectivity index (χ3v) is 6.44. The van der Waals surface area contributed by atoms with Crippen LogP contribution in [0.2, 0.25) is 0 Å². The maximum atomic E-state index is 12.7. The first-order chi connectivity index (χ1) is 12.2. The van der Waals surface area contributed by atoms with Gasteiger partial charge in [-0.1, -0.05) is 0 Å². The highest BCUT2D eigenvalue weighted by molar-refractivity contribution is 7.17. The summed E-state index contributed by atoms with van der Waals surface area (Å²) in [4.78, 5) is 30.5. The van der Waals surface area contributed by atoms with E-state index in [0.29, 0.717) is 16.1 Å². The maximum absolute atomic E-state index is 12.7. The molecule has 1 aliphatic carbocycles. The Bertz CT molecular complexity index is 974. The van der Waals surface area contributed by atoms with Gasteiger partial charge in [-0.05, 0) is 49.4 Å². The molecule has 5 nitrogen and oxygen atoms in total. The van der Waals surface area contributed by atoms with Gasteiger partial charge in [0, 0.05) is 17.5 Å². The Morgan fingerprint density at radius 3 is 2.84 bits per heavy atom. The van der Waals surface area contributed by atoms with Gasteiger partial charge in [0.15, 0.2) is 0 Å². The Hall–Kier alpha value is -2.25. The van der Waals surface area contributed by atoms with E-state index in [9.17, 15) is 9.59 Å². The maximum Gasteiger partial charge on any atom is 0.256 e. The van der Waals surface area contributed by atoms with Crippen LogP contribution in [-0.4, -0.2) is 23.8 Å². The van der Waals surface area contributed by atoms with Gasteiger partial charge >= 0.3 is 0 Å². The van der Waals surface area contributed by atoms with Crippen molar-refractivity contribution in [3.63, 3.8) is 0 Å². The van der Waals surface area contributed by atoms with Gasteiger partial charge in [0.05, 0.1) is 21.3 Å². The highest BCUT2D eigenvalue weighted by Crippen LogP contribution is 2.38. The number of hydrogen-bond donors (Lipinski definition) is 2. The van der Waals surface area contributed by atoms with Crippen LogP contribution in [0.5, 0.6) is 0 Å². The van der Waals surface area contributed by atoms with Crippen molar-refractivity contribution in [2.75, 3.05) is 12.4 Å². The van der Waals surface area contributed by atoms with Gasteiger partial charge < -0.3 is 10.6 Å². The van der Waals surface area contributed by atoms with Gasteiger partial charge in [-0.15, -0.1) is 22.7 Å². The molecule has 3 aromatic rings. The number of fused-ring (bicyclic) bond motifs is 2. The van der Waals surface area contributed by atoms with Crippen LogP contribution in [0.3, 0.4) is 0 Å². The Morgan fingerprint density at radius 2 is 2.00 bits per heavy atom. The smallest absolute Gasteiger partial charge is 0.256 e. The molecule has 0 fully saturated rings. The zero-order chi connectivity index (χ0) is 17.4. The van der Waals surface area contributed by atoms with Crippen molar-refractivity contribution in [3.8, 4) is 0 Å². The van der Waals surface area contributed by atoms with E-state index in [1.165, 1.54) is 27.6 Å². The Morgan fingerprint density at radius 1 is 1.16 bits per heavy atom. The molecule has 2 N–H and O–H groups in total. The fraction of sp³-hybridized carbons (Fsp3) is 0.278. The molecule has 2 heterocycles. The van der Waals surface area contributed by atoms with Crippen LogP contribution in [0.15, 0.2) is 23.7 Å². The van der Waals surface area contributed by atoms with Gasteiger partial charge in [-0.2, -0.15) is 0 Å². The number of anilines is 1. The molecule has 0 aliphatic heterocycles. The lowest BCUT2D eigenvalue weighted by atomic mass is 9.95. The minimum absolute atomic E-state index is 0.132. The molecule has 0 saturated carbocycles. The average molecular weight is 371 g/mol. The van der Waals surface area contributed by atoms with Gasteiger partial charge in [0.1, 0.15) is 5.00 Å². The summed E-state index contributed by atoms with van der Waals surface area (Å²) in [7, 11) is 1.62. The Balaban J connectivity index is 1.68. The Kier molecular flexibility index (Phi) is 4.27. The van der Waals surface area contributed by atoms with E-state index in [1.807, 2.05) is 12.1 Å². The lowest BCUT2D eigenvalue weighted by molar-refractivity contribution is 0.0963. The number of thiophene rings is 1. The second-order valence-electron chi connectivity index (χ2n) is 5.98. The van der Waals surface area contributed by atoms with Crippen LogP contribution in [0.1, 0.15) is 44.0 Å². The first-order valence-corrected chi connectivity index (χ1v) is 9.88. The van der Waals surface area contributed by atoms with Gasteiger partial charge in [0.25, 0.3) is 11.8 Å². The molecule has 0 radical (unpaired) electrons. The van der Waals surface area contributed by atoms with Gasteiger partial charge in [-0.25, -0.2) is 4.98 Å². The molecule has 1 aliphatic rings. The van der Waals surface area contributed by atoms with Crippen LogP contribution in [0.25, 0.3) is 10.2 Å². The first kappa shape index (κ1) is 16.2. The number of amides is 2. The zero-order valence-corrected chi connectivity index (χ0v) is 15.4. The summed E-state index contributed by atoms with van der Waals surface area (Å²) in [5.41, 5.74) is 4.96. The molecule has 4 rings (SSSR count). The molecule has 2 aromatic heterocycles. The van der Waals surface area contributed by atoms with Crippen molar-refractivity contribution in [1.29, 1.82) is 0 Å². The molecular formula is C18H17N3O2S2. The summed E-state index contributed by atoms with van der Waals surface area (Å²) in [5.74, 6) is -0.327. The van der Waals surface area contributed by atoms with Crippen LogP contribution >= 0.6 is 22.7 Å². The number of aryl methyl sites for hydroxylation is 1. The average Bonchev–Trinajstić information content (AvgIpc) is 3.24. The van der Waals surface area contributed by atoms with E-state index in [0.717, 1.165) is 41.5 Å². The van der Waals surface area contributed by atoms with Crippen molar-refractivity contribution in [2.24, 2.45) is 0 Å². The van der Waals surface area contributed by atoms with Crippen molar-refractivity contribution < 1.29 is 9.59 Å². The molecule has 0 unspecified atom stereocenters. The third-order valence-electron chi connectivity index (χ3n) is 4.45. The van der Waals surface area contributed by atoms with E-state index in [1.54, 1.807) is 18.6 Å². The number of nitrogens with zero attached hydrogens (tertiary/aromatic N) is 1. The van der Waals surface area contributed by atoms with Crippen molar-refractivity contribution >= 4 is 49.7 Å². The molecule has 0 spiro atoms. The van der Waals surface area contributed by atoms with Crippen LogP contribution < -0.4 is 10.6 Å². The van der Waals surface area contributed by atoms with Gasteiger partial charge in [-0.3, -0.25) is 9.59 Å². The predicted molar refractivity (Wildman–Crippen MR) is 102 cm³/mol. The summed E-state index contributed by atoms with van der Waals surface area (Å²) in [5, 5.41) is 6.31. The summed E-state index contributed by atoms with van der Waals surface area (Å²) in [6.45, 7) is 0. The molecule has 0 bridgehead atoms. The summed E-state index contributed by atoms with van der Waals surface area (Å²) >= 11 is 3.04. The standard InChI is InChI=1S/C18H17N3O2S2/c1-19-17(23)15-11-4-2-3-5-13(11)25-18(15)21-16(22)10-6-7-12-14(8-10)24-9-20-12/h6-9H,2-5H2,1H3,(H,19,23)(H,21,22). The molecule has 0 atom stereocenters. The van der Waals surface area contributed by atoms with Crippen LogP contribution in [0, 0.1) is 0 Å². The molecular weight excluding hydrogens is 354 g/mol. The lowest BCUT2D eigenvalue weighted by Crippen LogP contribution is -2.22. The second-order valence-corrected chi connectivity index (χ2v) is 7.97. The SMILES string of the molecule is CNC(=O)c1c(NC(=O)c2ccc3ncsc3c2)sc2c1CCCC2. The molecule has 0 saturated heterocycles. The number of carbonyl (C=O) groups excluding carboxylic acids is 2. The molecule has 128 valence electrons. The number of benzene rings is 1. The molecule has 2 amide bonds. The number of aromatic nitrogens is 1. The summed E-state index contributed by atoms with van der Waals surface area (Å²) in [6.07, 6.45) is 4.10. The molecule has 1 aromatic carbocycles. The van der Waals surface area contributed by atoms with Crippen LogP contribution in [0.4, 0.5) is 5.00 Å². The first-order valence-electron chi connectivity index (χ1n) is 8.18. The zero-order valence-electron chi connectivity index (χ0n) is 13.7. The van der Waals surface area contributed by atoms with E-state index >= 15 is 0 Å². The number of carbonyl (C=O) groups is 2. The van der Waals surface area contributed by atoms with Gasteiger partial charge in [0.2, 0.25) is 0 Å². The van der Waals surface area contributed by atoms with E-state index in [4.69, 9.17) is 0 Å². The molecule has 25 heavy (non-hydrogen) atoms. The normalized spacial score (nSPS) is 13.5. The monoisotopic (exact) mass is 371 g/mol. The highest BCUT2D eigenvalue weighted by atomic mass is 32.1. The van der Waals surface area contributed by atoms with Crippen LogP contribution in [-0.2, 0) is 12.8 Å². The number of thiazole rings is 1. The largest absolute Gasteiger partial charge is 0.355 e. The predicted octanol–water partition coefficient (Wildman–Crippen LogP) is 3.85. The Labute approximate surface area is 153 Å². The fourth-order valence-electron chi connectivity index (χ4n) is 3.19. The third kappa shape index (κ3) is 2.94. The second kappa shape index (κ2) is 6.57. The highest BCUT2D eigenvalue weighted by Gasteiger charge is 2.26. The van der Waals surface area contributed by atoms with Crippen molar-refractivity contribution in [2.45, 2.75) is 25.7 Å². The van der Waals surface area contributed by atoms with E-state index < -0.39 is 0 Å². The number of hydrogen-bond acceptors (Lipinski definition) is 5. The fourth-order valence-corrected chi connectivity index (χ4v) is 5.19. The van der Waals surface area contributed by atoms with E-state index in [-0.39, 0.29) is 11.8 Å². The minimum atomic E-state index is -0.195. The summed E-state index contributed by atoms with van der Waals surface area (Å²) in [6, 6.07) is 5.46. The molecule has 7 heteroatoms. The summed E-state index contributed by atoms with van der Waals surface area (Å²) < 4.78 is 0.977. The lowest BCUT2D eigenvalue weighted by Gasteiger charge is -2.12. The quantitative estimate of drug-likeness (QED) is 0.735. The number of rotatable bonds is 3.